The van der Waals surface area contributed by atoms with Crippen LogP contribution in [-0.4, -0.2) is 92.1 Å². The fourth-order valence-electron chi connectivity index (χ4n) is 9.06. The molecule has 0 spiro atoms. The van der Waals surface area contributed by atoms with Gasteiger partial charge in [-0.3, -0.25) is 24.6 Å². The second-order valence-electron chi connectivity index (χ2n) is 15.9. The van der Waals surface area contributed by atoms with Gasteiger partial charge in [0.2, 0.25) is 11.8 Å². The number of ether oxygens (including phenoxy) is 1. The van der Waals surface area contributed by atoms with Crippen LogP contribution in [0.4, 0.5) is 20.2 Å². The Balaban J connectivity index is 0.000000509. The minimum Gasteiger partial charge on any atom is -0.508 e. The lowest BCUT2D eigenvalue weighted by molar-refractivity contribution is -0.132. The highest BCUT2D eigenvalue weighted by molar-refractivity contribution is 5.99. The molecule has 3 fully saturated rings. The van der Waals surface area contributed by atoms with E-state index in [-0.39, 0.29) is 46.9 Å². The van der Waals surface area contributed by atoms with E-state index < -0.39 is 0 Å². The Morgan fingerprint density at radius 2 is 1.47 bits per heavy atom. The molecule has 4 aromatic carbocycles. The van der Waals surface area contributed by atoms with Crippen molar-refractivity contribution >= 4 is 29.1 Å². The molecular formula is C45H49F2N5O5. The number of piperidine rings is 2. The molecule has 0 saturated carbocycles. The molecule has 0 radical (unpaired) electrons. The van der Waals surface area contributed by atoms with Crippen molar-refractivity contribution in [1.29, 1.82) is 0 Å². The van der Waals surface area contributed by atoms with Crippen LogP contribution in [0.1, 0.15) is 76.6 Å². The van der Waals surface area contributed by atoms with Crippen LogP contribution in [-0.2, 0) is 16.1 Å². The third kappa shape index (κ3) is 8.32. The minimum absolute atomic E-state index is 0.0150. The van der Waals surface area contributed by atoms with Crippen molar-refractivity contribution < 1.29 is 33.0 Å². The van der Waals surface area contributed by atoms with Crippen molar-refractivity contribution in [3.63, 3.8) is 0 Å². The number of benzene rings is 4. The number of hydrogen-bond acceptors (Lipinski definition) is 8. The van der Waals surface area contributed by atoms with Gasteiger partial charge in [-0.1, -0.05) is 42.5 Å². The van der Waals surface area contributed by atoms with Crippen LogP contribution in [0.15, 0.2) is 78.9 Å². The van der Waals surface area contributed by atoms with Gasteiger partial charge in [0, 0.05) is 101 Å². The van der Waals surface area contributed by atoms with Crippen LogP contribution in [0, 0.1) is 17.6 Å². The minimum atomic E-state index is -0.322. The van der Waals surface area contributed by atoms with Crippen LogP contribution in [0.5, 0.6) is 11.5 Å². The normalized spacial score (nSPS) is 21.3. The van der Waals surface area contributed by atoms with Gasteiger partial charge in [-0.2, -0.15) is 0 Å². The molecule has 298 valence electrons. The first kappa shape index (κ1) is 38.4. The summed E-state index contributed by atoms with van der Waals surface area (Å²) in [4.78, 5) is 41.3. The molecule has 3 saturated heterocycles. The van der Waals surface area contributed by atoms with Gasteiger partial charge < -0.3 is 24.5 Å². The number of phenolic OH excluding ortho intramolecular Hbond substituents is 1. The Morgan fingerprint density at radius 3 is 2.16 bits per heavy atom. The highest BCUT2D eigenvalue weighted by atomic mass is 19.1. The zero-order chi connectivity index (χ0) is 39.6. The summed E-state index contributed by atoms with van der Waals surface area (Å²) in [5, 5.41) is 12.3. The van der Waals surface area contributed by atoms with Gasteiger partial charge in [0.15, 0.2) is 0 Å². The number of carbonyl (C=O) groups is 3. The van der Waals surface area contributed by atoms with E-state index in [1.54, 1.807) is 30.1 Å². The molecule has 0 bridgehead atoms. The van der Waals surface area contributed by atoms with E-state index in [1.807, 2.05) is 36.4 Å². The van der Waals surface area contributed by atoms with Crippen molar-refractivity contribution in [2.45, 2.75) is 50.5 Å². The van der Waals surface area contributed by atoms with Crippen LogP contribution in [0.3, 0.4) is 0 Å². The summed E-state index contributed by atoms with van der Waals surface area (Å²) in [6.07, 6.45) is 3.72. The zero-order valence-corrected chi connectivity index (χ0v) is 32.3. The van der Waals surface area contributed by atoms with Crippen molar-refractivity contribution in [3.05, 3.63) is 118 Å². The van der Waals surface area contributed by atoms with Crippen molar-refractivity contribution in [2.75, 3.05) is 69.3 Å². The van der Waals surface area contributed by atoms with Gasteiger partial charge in [-0.25, -0.2) is 8.78 Å². The number of aromatic hydroxyl groups is 1. The molecule has 5 aliphatic heterocycles. The Hall–Kier alpha value is -5.49. The highest BCUT2D eigenvalue weighted by Gasteiger charge is 2.35. The number of halogens is 2. The number of nitrogens with one attached hydrogen (secondary N) is 1. The molecule has 9 rings (SSSR count). The van der Waals surface area contributed by atoms with E-state index in [0.717, 1.165) is 80.9 Å². The van der Waals surface area contributed by atoms with Crippen molar-refractivity contribution in [2.24, 2.45) is 5.92 Å². The monoisotopic (exact) mass is 777 g/mol. The van der Waals surface area contributed by atoms with Crippen LogP contribution >= 0.6 is 0 Å². The molecule has 4 aromatic rings. The van der Waals surface area contributed by atoms with Gasteiger partial charge in [0.1, 0.15) is 23.1 Å². The molecule has 3 amide bonds. The van der Waals surface area contributed by atoms with E-state index in [0.29, 0.717) is 61.0 Å². The fraction of sp³-hybridized carbons (Fsp3) is 0.400. The first-order valence-electron chi connectivity index (χ1n) is 20.0. The molecule has 57 heavy (non-hydrogen) atoms. The maximum absolute atomic E-state index is 16.0. The van der Waals surface area contributed by atoms with Crippen LogP contribution in [0.2, 0.25) is 0 Å². The predicted octanol–water partition coefficient (Wildman–Crippen LogP) is 6.42. The van der Waals surface area contributed by atoms with Crippen LogP contribution < -0.4 is 19.9 Å². The number of anilines is 2. The quantitative estimate of drug-likeness (QED) is 0.217. The smallest absolute Gasteiger partial charge is 0.254 e. The number of carbonyl (C=O) groups excluding carboxylic acids is 3. The lowest BCUT2D eigenvalue weighted by Gasteiger charge is -2.40. The average molecular weight is 778 g/mol. The van der Waals surface area contributed by atoms with Crippen molar-refractivity contribution in [1.82, 2.24) is 15.1 Å². The zero-order valence-electron chi connectivity index (χ0n) is 32.3. The maximum Gasteiger partial charge on any atom is 0.254 e. The first-order valence-corrected chi connectivity index (χ1v) is 20.0. The van der Waals surface area contributed by atoms with E-state index in [9.17, 15) is 19.5 Å². The van der Waals surface area contributed by atoms with Gasteiger partial charge in [0.05, 0.1) is 18.0 Å². The molecule has 5 aliphatic rings. The largest absolute Gasteiger partial charge is 0.508 e. The number of hydrogen-bond donors (Lipinski definition) is 2. The first-order chi connectivity index (χ1) is 27.6. The lowest BCUT2D eigenvalue weighted by Crippen LogP contribution is -2.49. The van der Waals surface area contributed by atoms with E-state index in [2.05, 4.69) is 38.2 Å². The molecule has 2 atom stereocenters. The number of fused-ring (bicyclic) bond motifs is 2. The summed E-state index contributed by atoms with van der Waals surface area (Å²) < 4.78 is 37.1. The third-order valence-corrected chi connectivity index (χ3v) is 12.1. The topological polar surface area (TPSA) is 106 Å². The third-order valence-electron chi connectivity index (χ3n) is 12.1. The average Bonchev–Trinajstić information content (AvgIpc) is 3.49. The summed E-state index contributed by atoms with van der Waals surface area (Å²) >= 11 is 0. The number of nitrogens with zero attached hydrogens (tertiary/aromatic N) is 4. The summed E-state index contributed by atoms with van der Waals surface area (Å²) in [5.74, 6) is 0.322. The van der Waals surface area contributed by atoms with E-state index in [1.165, 1.54) is 6.07 Å². The molecule has 10 nitrogen and oxygen atoms in total. The maximum atomic E-state index is 16.0. The molecule has 5 heterocycles. The molecule has 2 N–H and O–H groups in total. The Morgan fingerprint density at radius 1 is 0.772 bits per heavy atom. The van der Waals surface area contributed by atoms with E-state index >= 15 is 8.78 Å². The van der Waals surface area contributed by atoms with Gasteiger partial charge >= 0.3 is 0 Å². The summed E-state index contributed by atoms with van der Waals surface area (Å²) in [6.45, 7) is 6.81. The second kappa shape index (κ2) is 16.5. The SMILES string of the molecule is CN1Cc2cc(N3CCN(CC4CCN(c5ccc(C6c7ccc(O)cc7OCC6c6ccccc6)cc5F)CC4)CC3)c(F)cc2C1=O.O=C1CCCC(=O)N1. The van der Waals surface area contributed by atoms with Crippen molar-refractivity contribution in [3.8, 4) is 11.5 Å². The predicted molar refractivity (Wildman–Crippen MR) is 214 cm³/mol. The summed E-state index contributed by atoms with van der Waals surface area (Å²) in [6, 6.07) is 24.4. The fourth-order valence-corrected chi connectivity index (χ4v) is 9.06. The number of piperazine rings is 1. The number of imide groups is 1. The molecule has 2 unspecified atom stereocenters. The van der Waals surface area contributed by atoms with Gasteiger partial charge in [-0.15, -0.1) is 0 Å². The number of phenols is 1. The Bertz CT molecular complexity index is 2120. The molecule has 12 heteroatoms. The standard InChI is InChI=1S/C40H42F2N4O3.C5H7NO2/c1-43-24-29-20-37(35(42)22-32(29)40(43)48)46-17-15-44(16-18-46)23-26-11-13-45(14-12-26)36-10-7-28(19-34(36)41)39-31-9-8-30(47)21-38(31)49-25-33(39)27-5-3-2-4-6-27;7-4-2-1-3-5(8)6-4/h2-10,19-22,26,33,39,47H,11-18,23-25H2,1H3;1-3H2,(H,6,7,8). The van der Waals surface area contributed by atoms with Crippen LogP contribution in [0.25, 0.3) is 0 Å². The summed E-state index contributed by atoms with van der Waals surface area (Å²) in [7, 11) is 1.75. The lowest BCUT2D eigenvalue weighted by atomic mass is 9.76. The highest BCUT2D eigenvalue weighted by Crippen LogP contribution is 2.47. The Kier molecular flexibility index (Phi) is 11.1. The summed E-state index contributed by atoms with van der Waals surface area (Å²) in [5.41, 5.74) is 5.62. The van der Waals surface area contributed by atoms with E-state index in [4.69, 9.17) is 4.74 Å². The molecule has 0 aromatic heterocycles. The second-order valence-corrected chi connectivity index (χ2v) is 15.9. The number of rotatable bonds is 6. The number of amides is 3. The molecular weight excluding hydrogens is 729 g/mol. The molecule has 0 aliphatic carbocycles. The Labute approximate surface area is 332 Å². The van der Waals surface area contributed by atoms with Gasteiger partial charge in [0.25, 0.3) is 5.91 Å². The van der Waals surface area contributed by atoms with Gasteiger partial charge in [-0.05, 0) is 72.2 Å².